The minimum Gasteiger partial charge on any atom is -0.434 e. The second kappa shape index (κ2) is 7.09. The Morgan fingerprint density at radius 1 is 1.16 bits per heavy atom. The Morgan fingerprint density at radius 2 is 1.84 bits per heavy atom. The molecule has 2 aromatic rings. The maximum Gasteiger partial charge on any atom is 0.387 e. The number of alkyl halides is 2. The van der Waals surface area contributed by atoms with Crippen LogP contribution in [0.5, 0.6) is 5.75 Å². The van der Waals surface area contributed by atoms with Gasteiger partial charge in [0, 0.05) is 17.3 Å². The van der Waals surface area contributed by atoms with E-state index in [1.165, 1.54) is 6.07 Å². The van der Waals surface area contributed by atoms with Crippen molar-refractivity contribution < 1.29 is 18.3 Å². The normalized spacial score (nSPS) is 17.9. The minimum atomic E-state index is -2.93. The number of nitrogens with zero attached hydrogens (tertiary/aromatic N) is 1. The van der Waals surface area contributed by atoms with Gasteiger partial charge >= 0.3 is 6.61 Å². The number of fused-ring (bicyclic) bond motifs is 1. The highest BCUT2D eigenvalue weighted by molar-refractivity contribution is 6.02. The summed E-state index contributed by atoms with van der Waals surface area (Å²) in [4.78, 5) is 14.7. The van der Waals surface area contributed by atoms with E-state index >= 15 is 0 Å². The van der Waals surface area contributed by atoms with Crippen LogP contribution in [0.25, 0.3) is 0 Å². The van der Waals surface area contributed by atoms with Gasteiger partial charge in [-0.3, -0.25) is 4.79 Å². The second-order valence-electron chi connectivity index (χ2n) is 5.98. The molecule has 0 saturated heterocycles. The van der Waals surface area contributed by atoms with Gasteiger partial charge in [0.15, 0.2) is 0 Å². The Labute approximate surface area is 145 Å². The zero-order valence-electron chi connectivity index (χ0n) is 14.1. The van der Waals surface area contributed by atoms with Crippen molar-refractivity contribution in [3.8, 4) is 5.75 Å². The Morgan fingerprint density at radius 3 is 2.56 bits per heavy atom. The number of hydrogen-bond donors (Lipinski definition) is 1. The standard InChI is InChI=1S/C19H20F2N2O2/c1-3-12(2)23-17(14-9-5-7-11-16(14)25-19(20)21)22-15-10-6-4-8-13(15)18(23)24/h4-12,17,19,22H,3H2,1-2H3/t12-,17+/m1/s1. The number of ether oxygens (including phenoxy) is 1. The highest BCUT2D eigenvalue weighted by Crippen LogP contribution is 2.38. The molecule has 0 fully saturated rings. The van der Waals surface area contributed by atoms with Crippen LogP contribution in [0, 0.1) is 0 Å². The Bertz CT molecular complexity index is 767. The molecule has 0 radical (unpaired) electrons. The lowest BCUT2D eigenvalue weighted by Gasteiger charge is -2.41. The van der Waals surface area contributed by atoms with Crippen LogP contribution < -0.4 is 10.1 Å². The van der Waals surface area contributed by atoms with Crippen molar-refractivity contribution in [2.45, 2.75) is 39.1 Å². The van der Waals surface area contributed by atoms with Crippen molar-refractivity contribution in [2.24, 2.45) is 0 Å². The van der Waals surface area contributed by atoms with Gasteiger partial charge in [-0.2, -0.15) is 8.78 Å². The molecule has 6 heteroatoms. The van der Waals surface area contributed by atoms with Crippen molar-refractivity contribution in [3.63, 3.8) is 0 Å². The molecule has 0 saturated carbocycles. The van der Waals surface area contributed by atoms with E-state index in [0.717, 1.165) is 6.42 Å². The number of nitrogens with one attached hydrogen (secondary N) is 1. The van der Waals surface area contributed by atoms with Gasteiger partial charge in [-0.15, -0.1) is 0 Å². The molecule has 2 aromatic carbocycles. The van der Waals surface area contributed by atoms with Crippen LogP contribution in [0.15, 0.2) is 48.5 Å². The molecule has 1 aliphatic heterocycles. The topological polar surface area (TPSA) is 41.6 Å². The number of rotatable bonds is 5. The molecular formula is C19H20F2N2O2. The third kappa shape index (κ3) is 3.29. The van der Waals surface area contributed by atoms with E-state index in [9.17, 15) is 13.6 Å². The lowest BCUT2D eigenvalue weighted by Crippen LogP contribution is -2.47. The van der Waals surface area contributed by atoms with E-state index in [4.69, 9.17) is 0 Å². The monoisotopic (exact) mass is 346 g/mol. The van der Waals surface area contributed by atoms with Gasteiger partial charge in [0.05, 0.1) is 5.56 Å². The molecular weight excluding hydrogens is 326 g/mol. The largest absolute Gasteiger partial charge is 0.434 e. The highest BCUT2D eigenvalue weighted by atomic mass is 19.3. The number of carbonyl (C=O) groups excluding carboxylic acids is 1. The molecule has 1 aliphatic rings. The Balaban J connectivity index is 2.09. The molecule has 1 amide bonds. The van der Waals surface area contributed by atoms with E-state index in [1.807, 2.05) is 26.0 Å². The molecule has 0 unspecified atom stereocenters. The fourth-order valence-electron chi connectivity index (χ4n) is 3.06. The molecule has 1 N–H and O–H groups in total. The Hall–Kier alpha value is -2.63. The van der Waals surface area contributed by atoms with Crippen LogP contribution in [-0.2, 0) is 0 Å². The molecule has 2 atom stereocenters. The molecule has 1 heterocycles. The summed E-state index contributed by atoms with van der Waals surface area (Å²) in [5, 5.41) is 3.30. The van der Waals surface area contributed by atoms with Gasteiger partial charge in [-0.1, -0.05) is 37.3 Å². The van der Waals surface area contributed by atoms with Crippen LogP contribution in [0.1, 0.15) is 42.4 Å². The van der Waals surface area contributed by atoms with Gasteiger partial charge in [0.1, 0.15) is 11.9 Å². The predicted molar refractivity (Wildman–Crippen MR) is 91.8 cm³/mol. The molecule has 25 heavy (non-hydrogen) atoms. The van der Waals surface area contributed by atoms with Gasteiger partial charge in [0.2, 0.25) is 0 Å². The van der Waals surface area contributed by atoms with Crippen molar-refractivity contribution in [2.75, 3.05) is 5.32 Å². The third-order valence-corrected chi connectivity index (χ3v) is 4.46. The lowest BCUT2D eigenvalue weighted by molar-refractivity contribution is -0.0510. The number of para-hydroxylation sites is 2. The molecule has 132 valence electrons. The number of halogens is 2. The predicted octanol–water partition coefficient (Wildman–Crippen LogP) is 4.65. The maximum atomic E-state index is 13.0. The molecule has 0 aliphatic carbocycles. The van der Waals surface area contributed by atoms with Gasteiger partial charge in [-0.25, -0.2) is 0 Å². The summed E-state index contributed by atoms with van der Waals surface area (Å²) < 4.78 is 30.2. The van der Waals surface area contributed by atoms with Crippen LogP contribution >= 0.6 is 0 Å². The summed E-state index contributed by atoms with van der Waals surface area (Å²) in [7, 11) is 0. The first-order chi connectivity index (χ1) is 12.0. The Kier molecular flexibility index (Phi) is 4.88. The third-order valence-electron chi connectivity index (χ3n) is 4.46. The zero-order chi connectivity index (χ0) is 18.0. The van der Waals surface area contributed by atoms with Crippen LogP contribution in [0.4, 0.5) is 14.5 Å². The van der Waals surface area contributed by atoms with Crippen LogP contribution in [0.2, 0.25) is 0 Å². The summed E-state index contributed by atoms with van der Waals surface area (Å²) in [6.07, 6.45) is 0.163. The summed E-state index contributed by atoms with van der Waals surface area (Å²) in [5.41, 5.74) is 1.76. The highest BCUT2D eigenvalue weighted by Gasteiger charge is 2.36. The number of hydrogen-bond acceptors (Lipinski definition) is 3. The fraction of sp³-hybridized carbons (Fsp3) is 0.316. The molecule has 0 bridgehead atoms. The number of amides is 1. The van der Waals surface area contributed by atoms with E-state index in [-0.39, 0.29) is 17.7 Å². The average Bonchev–Trinajstić information content (AvgIpc) is 2.61. The number of carbonyl (C=O) groups is 1. The van der Waals surface area contributed by atoms with Crippen molar-refractivity contribution in [1.82, 2.24) is 4.90 Å². The summed E-state index contributed by atoms with van der Waals surface area (Å²) in [6.45, 7) is 0.999. The van der Waals surface area contributed by atoms with E-state index < -0.39 is 12.8 Å². The summed E-state index contributed by atoms with van der Waals surface area (Å²) >= 11 is 0. The average molecular weight is 346 g/mol. The zero-order valence-corrected chi connectivity index (χ0v) is 14.1. The van der Waals surface area contributed by atoms with E-state index in [2.05, 4.69) is 10.1 Å². The molecule has 3 rings (SSSR count). The van der Waals surface area contributed by atoms with Gasteiger partial charge in [0.25, 0.3) is 5.91 Å². The lowest BCUT2D eigenvalue weighted by atomic mass is 10.0. The smallest absolute Gasteiger partial charge is 0.387 e. The van der Waals surface area contributed by atoms with Crippen molar-refractivity contribution >= 4 is 11.6 Å². The summed E-state index contributed by atoms with van der Waals surface area (Å²) in [5.74, 6) is -0.0592. The van der Waals surface area contributed by atoms with Crippen LogP contribution in [0.3, 0.4) is 0 Å². The molecule has 4 nitrogen and oxygen atoms in total. The van der Waals surface area contributed by atoms with Crippen LogP contribution in [-0.4, -0.2) is 23.5 Å². The van der Waals surface area contributed by atoms with E-state index in [1.54, 1.807) is 35.2 Å². The van der Waals surface area contributed by atoms with Gasteiger partial charge in [-0.05, 0) is 31.5 Å². The fourth-order valence-corrected chi connectivity index (χ4v) is 3.06. The number of anilines is 1. The van der Waals surface area contributed by atoms with Crippen molar-refractivity contribution in [1.29, 1.82) is 0 Å². The SMILES string of the molecule is CC[C@@H](C)N1C(=O)c2ccccc2N[C@@H]1c1ccccc1OC(F)F. The van der Waals surface area contributed by atoms with Gasteiger partial charge < -0.3 is 15.0 Å². The van der Waals surface area contributed by atoms with Crippen molar-refractivity contribution in [3.05, 3.63) is 59.7 Å². The summed E-state index contributed by atoms with van der Waals surface area (Å²) in [6, 6.07) is 13.7. The molecule has 0 spiro atoms. The first-order valence-electron chi connectivity index (χ1n) is 8.25. The molecule has 0 aromatic heterocycles. The maximum absolute atomic E-state index is 13.0. The quantitative estimate of drug-likeness (QED) is 0.857. The minimum absolute atomic E-state index is 0.0653. The number of benzene rings is 2. The first kappa shape index (κ1) is 17.2. The van der Waals surface area contributed by atoms with E-state index in [0.29, 0.717) is 16.8 Å². The second-order valence-corrected chi connectivity index (χ2v) is 5.98. The first-order valence-corrected chi connectivity index (χ1v) is 8.25.